The lowest BCUT2D eigenvalue weighted by atomic mass is 10.1. The number of thiazole rings is 1. The summed E-state index contributed by atoms with van der Waals surface area (Å²) >= 11 is 1.70. The molecule has 1 fully saturated rings. The molecular weight excluding hydrogens is 421 g/mol. The summed E-state index contributed by atoms with van der Waals surface area (Å²) in [7, 11) is 3.91. The molecule has 0 aliphatic carbocycles. The molecular formula is C16H30IN5S. The van der Waals surface area contributed by atoms with Crippen molar-refractivity contribution in [2.45, 2.75) is 33.2 Å². The second-order valence-corrected chi connectivity index (χ2v) is 7.32. The van der Waals surface area contributed by atoms with Gasteiger partial charge < -0.3 is 15.1 Å². The van der Waals surface area contributed by atoms with Gasteiger partial charge in [0.2, 0.25) is 0 Å². The van der Waals surface area contributed by atoms with Crippen LogP contribution in [0.5, 0.6) is 0 Å². The van der Waals surface area contributed by atoms with Gasteiger partial charge in [-0.25, -0.2) is 4.98 Å². The molecule has 0 spiro atoms. The van der Waals surface area contributed by atoms with Crippen LogP contribution in [0.1, 0.15) is 30.5 Å². The predicted molar refractivity (Wildman–Crippen MR) is 110 cm³/mol. The van der Waals surface area contributed by atoms with Crippen LogP contribution in [0.25, 0.3) is 0 Å². The van der Waals surface area contributed by atoms with E-state index in [4.69, 9.17) is 0 Å². The Morgan fingerprint density at radius 3 is 2.74 bits per heavy atom. The molecule has 7 heteroatoms. The summed E-state index contributed by atoms with van der Waals surface area (Å²) in [4.78, 5) is 13.6. The van der Waals surface area contributed by atoms with Gasteiger partial charge in [0.05, 0.1) is 17.2 Å². The Morgan fingerprint density at radius 2 is 2.17 bits per heavy atom. The molecule has 5 nitrogen and oxygen atoms in total. The van der Waals surface area contributed by atoms with Gasteiger partial charge in [-0.2, -0.15) is 0 Å². The fraction of sp³-hybridized carbons (Fsp3) is 0.750. The maximum atomic E-state index is 4.52. The molecule has 1 unspecified atom stereocenters. The third-order valence-corrected chi connectivity index (χ3v) is 4.84. The van der Waals surface area contributed by atoms with Crippen LogP contribution in [-0.4, -0.2) is 61.0 Å². The zero-order valence-electron chi connectivity index (χ0n) is 14.7. The van der Waals surface area contributed by atoms with E-state index in [-0.39, 0.29) is 24.0 Å². The Hall–Kier alpha value is -0.410. The van der Waals surface area contributed by atoms with E-state index in [0.29, 0.717) is 5.92 Å². The van der Waals surface area contributed by atoms with Crippen molar-refractivity contribution in [1.82, 2.24) is 20.1 Å². The van der Waals surface area contributed by atoms with Crippen molar-refractivity contribution in [2.24, 2.45) is 10.9 Å². The lowest BCUT2D eigenvalue weighted by Crippen LogP contribution is -2.42. The molecule has 0 bridgehead atoms. The summed E-state index contributed by atoms with van der Waals surface area (Å²) in [6.07, 6.45) is 2.72. The van der Waals surface area contributed by atoms with E-state index >= 15 is 0 Å². The Balaban J connectivity index is 0.00000264. The molecule has 1 N–H and O–H groups in total. The van der Waals surface area contributed by atoms with E-state index in [0.717, 1.165) is 29.8 Å². The van der Waals surface area contributed by atoms with Crippen molar-refractivity contribution < 1.29 is 0 Å². The van der Waals surface area contributed by atoms with Crippen LogP contribution < -0.4 is 5.32 Å². The van der Waals surface area contributed by atoms with Gasteiger partial charge in [0.15, 0.2) is 5.96 Å². The van der Waals surface area contributed by atoms with Gasteiger partial charge in [0, 0.05) is 32.6 Å². The number of rotatable bonds is 6. The van der Waals surface area contributed by atoms with E-state index in [1.807, 2.05) is 14.0 Å². The lowest BCUT2D eigenvalue weighted by molar-refractivity contribution is 0.286. The highest BCUT2D eigenvalue weighted by Crippen LogP contribution is 2.11. The van der Waals surface area contributed by atoms with Crippen LogP contribution in [0.2, 0.25) is 0 Å². The van der Waals surface area contributed by atoms with E-state index in [1.165, 1.54) is 32.5 Å². The van der Waals surface area contributed by atoms with Gasteiger partial charge in [0.1, 0.15) is 0 Å². The maximum Gasteiger partial charge on any atom is 0.193 e. The second kappa shape index (κ2) is 10.5. The van der Waals surface area contributed by atoms with Crippen LogP contribution in [-0.2, 0) is 6.54 Å². The molecule has 0 amide bonds. The Bertz CT molecular complexity index is 485. The molecule has 1 atom stereocenters. The first-order chi connectivity index (χ1) is 10.6. The average Bonchev–Trinajstić information content (AvgIpc) is 3.11. The molecule has 0 saturated carbocycles. The van der Waals surface area contributed by atoms with Gasteiger partial charge in [-0.3, -0.25) is 4.99 Å². The number of aryl methyl sites for hydroxylation is 1. The minimum Gasteiger partial charge on any atom is -0.356 e. The Morgan fingerprint density at radius 1 is 1.48 bits per heavy atom. The monoisotopic (exact) mass is 451 g/mol. The summed E-state index contributed by atoms with van der Waals surface area (Å²) in [6, 6.07) is 0. The zero-order chi connectivity index (χ0) is 15.9. The van der Waals surface area contributed by atoms with Crippen molar-refractivity contribution in [3.63, 3.8) is 0 Å². The largest absolute Gasteiger partial charge is 0.356 e. The highest BCUT2D eigenvalue weighted by molar-refractivity contribution is 14.0. The number of likely N-dealkylation sites (tertiary alicyclic amines) is 1. The zero-order valence-corrected chi connectivity index (χ0v) is 17.9. The molecule has 1 saturated heterocycles. The molecule has 1 aromatic rings. The van der Waals surface area contributed by atoms with Crippen molar-refractivity contribution in [3.8, 4) is 0 Å². The van der Waals surface area contributed by atoms with Crippen LogP contribution in [0, 0.1) is 12.8 Å². The van der Waals surface area contributed by atoms with E-state index in [2.05, 4.69) is 44.4 Å². The first-order valence-corrected chi connectivity index (χ1v) is 9.01. The van der Waals surface area contributed by atoms with Crippen molar-refractivity contribution >= 4 is 41.3 Å². The SMILES string of the molecule is CN=C(NCC(C)CN1CCCC1)N(C)Cc1csc(C)n1.I. The smallest absolute Gasteiger partial charge is 0.193 e. The number of hydrogen-bond acceptors (Lipinski definition) is 4. The Labute approximate surface area is 161 Å². The molecule has 1 aliphatic heterocycles. The van der Waals surface area contributed by atoms with Crippen LogP contribution >= 0.6 is 35.3 Å². The van der Waals surface area contributed by atoms with Crippen molar-refractivity contribution in [1.29, 1.82) is 0 Å². The number of aliphatic imine (C=N–C) groups is 1. The van der Waals surface area contributed by atoms with Crippen molar-refractivity contribution in [3.05, 3.63) is 16.1 Å². The molecule has 2 rings (SSSR count). The van der Waals surface area contributed by atoms with Crippen LogP contribution in [0.3, 0.4) is 0 Å². The third kappa shape index (κ3) is 6.93. The molecule has 1 aliphatic rings. The van der Waals surface area contributed by atoms with Crippen LogP contribution in [0.15, 0.2) is 10.4 Å². The first-order valence-electron chi connectivity index (χ1n) is 8.13. The summed E-state index contributed by atoms with van der Waals surface area (Å²) in [5.74, 6) is 1.57. The number of aromatic nitrogens is 1. The highest BCUT2D eigenvalue weighted by Gasteiger charge is 2.15. The van der Waals surface area contributed by atoms with Gasteiger partial charge in [-0.1, -0.05) is 6.92 Å². The standard InChI is InChI=1S/C16H29N5S.HI/c1-13(10-21-7-5-6-8-21)9-18-16(17-3)20(4)11-15-12-22-14(2)19-15;/h12-13H,5-11H2,1-4H3,(H,17,18);1H. The predicted octanol–water partition coefficient (Wildman–Crippen LogP) is 2.81. The molecule has 0 radical (unpaired) electrons. The normalized spacial score (nSPS) is 17.0. The van der Waals surface area contributed by atoms with E-state index in [9.17, 15) is 0 Å². The summed E-state index contributed by atoms with van der Waals surface area (Å²) in [5, 5.41) is 6.73. The minimum atomic E-state index is 0. The molecule has 2 heterocycles. The molecule has 23 heavy (non-hydrogen) atoms. The summed E-state index contributed by atoms with van der Waals surface area (Å²) in [5.41, 5.74) is 1.11. The highest BCUT2D eigenvalue weighted by atomic mass is 127. The number of guanidine groups is 1. The molecule has 0 aromatic carbocycles. The van der Waals surface area contributed by atoms with Crippen LogP contribution in [0.4, 0.5) is 0 Å². The lowest BCUT2D eigenvalue weighted by Gasteiger charge is -2.25. The van der Waals surface area contributed by atoms with Gasteiger partial charge in [0.25, 0.3) is 0 Å². The summed E-state index contributed by atoms with van der Waals surface area (Å²) < 4.78 is 0. The van der Waals surface area contributed by atoms with Gasteiger partial charge >= 0.3 is 0 Å². The fourth-order valence-corrected chi connectivity index (χ4v) is 3.52. The maximum absolute atomic E-state index is 4.52. The topological polar surface area (TPSA) is 43.8 Å². The van der Waals surface area contributed by atoms with E-state index < -0.39 is 0 Å². The minimum absolute atomic E-state index is 0. The van der Waals surface area contributed by atoms with Gasteiger partial charge in [-0.15, -0.1) is 35.3 Å². The average molecular weight is 451 g/mol. The third-order valence-electron chi connectivity index (χ3n) is 4.02. The van der Waals surface area contributed by atoms with E-state index in [1.54, 1.807) is 11.3 Å². The number of halogens is 1. The second-order valence-electron chi connectivity index (χ2n) is 6.25. The quantitative estimate of drug-likeness (QED) is 0.411. The first kappa shape index (κ1) is 20.6. The Kier molecular flexibility index (Phi) is 9.38. The summed E-state index contributed by atoms with van der Waals surface area (Å²) in [6.45, 7) is 9.82. The number of nitrogens with one attached hydrogen (secondary N) is 1. The fourth-order valence-electron chi connectivity index (χ4n) is 2.92. The molecule has 132 valence electrons. The number of nitrogens with zero attached hydrogens (tertiary/aromatic N) is 4. The van der Waals surface area contributed by atoms with Gasteiger partial charge in [-0.05, 0) is 38.8 Å². The van der Waals surface area contributed by atoms with Crippen molar-refractivity contribution in [2.75, 3.05) is 40.3 Å². The molecule has 1 aromatic heterocycles. The number of hydrogen-bond donors (Lipinski definition) is 1.